The van der Waals surface area contributed by atoms with Gasteiger partial charge in [-0.15, -0.1) is 0 Å². The number of nitrogens with zero attached hydrogens (tertiary/aromatic N) is 2. The van der Waals surface area contributed by atoms with E-state index < -0.39 is 9.73 Å². The van der Waals surface area contributed by atoms with Gasteiger partial charge in [-0.3, -0.25) is 4.79 Å². The summed E-state index contributed by atoms with van der Waals surface area (Å²) >= 11 is 0. The van der Waals surface area contributed by atoms with Crippen LogP contribution in [0.1, 0.15) is 30.5 Å². The van der Waals surface area contributed by atoms with E-state index in [1.165, 1.54) is 18.6 Å². The van der Waals surface area contributed by atoms with Crippen molar-refractivity contribution in [2.75, 3.05) is 16.9 Å². The summed E-state index contributed by atoms with van der Waals surface area (Å²) in [7, 11) is -2.80. The number of carbonyl (C=O) groups excluding carboxylic acids is 1. The molecule has 0 spiro atoms. The number of hydrogen-bond donors (Lipinski definition) is 3. The number of hydrogen-bond acceptors (Lipinski definition) is 6. The molecule has 3 rings (SSSR count). The summed E-state index contributed by atoms with van der Waals surface area (Å²) in [6, 6.07) is 5.92. The van der Waals surface area contributed by atoms with Gasteiger partial charge in [0.1, 0.15) is 0 Å². The predicted molar refractivity (Wildman–Crippen MR) is 92.5 cm³/mol. The Labute approximate surface area is 140 Å². The Kier molecular flexibility index (Phi) is 4.23. The van der Waals surface area contributed by atoms with E-state index in [0.29, 0.717) is 17.3 Å². The van der Waals surface area contributed by atoms with Crippen molar-refractivity contribution < 1.29 is 9.00 Å². The normalized spacial score (nSPS) is 17.3. The molecule has 24 heavy (non-hydrogen) atoms. The second-order valence-corrected chi connectivity index (χ2v) is 8.08. The maximum Gasteiger partial charge on any atom is 0.224 e. The summed E-state index contributed by atoms with van der Waals surface area (Å²) in [5.41, 5.74) is 3.06. The van der Waals surface area contributed by atoms with Gasteiger partial charge < -0.3 is 10.6 Å². The molecule has 0 fully saturated rings. The first kappa shape index (κ1) is 16.4. The molecule has 8 heteroatoms. The van der Waals surface area contributed by atoms with Crippen molar-refractivity contribution in [2.45, 2.75) is 30.7 Å². The standard InChI is InChI=1S/C16H19N5O2S/c1-10(20-16-18-8-13(9-19-16)24(2,17)23)11-3-5-14-12(7-11)4-6-15(22)21-14/h3,5,7-10,17H,4,6H2,1-2H3,(H,21,22)(H,18,19,20). The third-order valence-corrected chi connectivity index (χ3v) is 5.06. The second-order valence-electron chi connectivity index (χ2n) is 5.92. The van der Waals surface area contributed by atoms with Gasteiger partial charge >= 0.3 is 0 Å². The van der Waals surface area contributed by atoms with Crippen molar-refractivity contribution in [1.82, 2.24) is 9.97 Å². The lowest BCUT2D eigenvalue weighted by Crippen LogP contribution is -2.19. The summed E-state index contributed by atoms with van der Waals surface area (Å²) in [4.78, 5) is 20.0. The first-order valence-electron chi connectivity index (χ1n) is 7.58. The molecular weight excluding hydrogens is 326 g/mol. The van der Waals surface area contributed by atoms with Crippen LogP contribution in [0, 0.1) is 4.78 Å². The number of rotatable bonds is 4. The summed E-state index contributed by atoms with van der Waals surface area (Å²) in [6.07, 6.45) is 5.42. The van der Waals surface area contributed by atoms with Crippen LogP contribution < -0.4 is 10.6 Å². The molecule has 0 bridgehead atoms. The van der Waals surface area contributed by atoms with Crippen LogP contribution in [0.2, 0.25) is 0 Å². The van der Waals surface area contributed by atoms with Gasteiger partial charge in [0.05, 0.1) is 20.7 Å². The Hall–Kier alpha value is -2.48. The number of aromatic nitrogens is 2. The van der Waals surface area contributed by atoms with Crippen molar-refractivity contribution in [3.05, 3.63) is 41.7 Å². The number of carbonyl (C=O) groups is 1. The van der Waals surface area contributed by atoms with Crippen LogP contribution >= 0.6 is 0 Å². The van der Waals surface area contributed by atoms with E-state index in [-0.39, 0.29) is 11.9 Å². The van der Waals surface area contributed by atoms with E-state index in [4.69, 9.17) is 4.78 Å². The van der Waals surface area contributed by atoms with Crippen LogP contribution in [-0.2, 0) is 20.9 Å². The van der Waals surface area contributed by atoms with E-state index in [1.54, 1.807) is 0 Å². The molecular formula is C16H19N5O2S. The predicted octanol–water partition coefficient (Wildman–Crippen LogP) is 2.57. The van der Waals surface area contributed by atoms with Crippen molar-refractivity contribution in [3.8, 4) is 0 Å². The Morgan fingerprint density at radius 1 is 1.29 bits per heavy atom. The zero-order valence-electron chi connectivity index (χ0n) is 13.5. The molecule has 2 atom stereocenters. The number of nitrogens with one attached hydrogen (secondary N) is 3. The number of fused-ring (bicyclic) bond motifs is 1. The lowest BCUT2D eigenvalue weighted by Gasteiger charge is -2.20. The fraction of sp³-hybridized carbons (Fsp3) is 0.312. The lowest BCUT2D eigenvalue weighted by atomic mass is 9.98. The molecule has 1 amide bonds. The summed E-state index contributed by atoms with van der Waals surface area (Å²) < 4.78 is 19.2. The van der Waals surface area contributed by atoms with Crippen molar-refractivity contribution in [2.24, 2.45) is 0 Å². The van der Waals surface area contributed by atoms with E-state index in [0.717, 1.165) is 23.2 Å². The van der Waals surface area contributed by atoms with Gasteiger partial charge in [-0.25, -0.2) is 19.0 Å². The van der Waals surface area contributed by atoms with Crippen LogP contribution in [0.15, 0.2) is 35.5 Å². The molecule has 1 aliphatic rings. The Morgan fingerprint density at radius 2 is 2.00 bits per heavy atom. The number of amides is 1. The Balaban J connectivity index is 1.75. The molecule has 2 aromatic rings. The molecule has 0 saturated carbocycles. The second kappa shape index (κ2) is 6.20. The Morgan fingerprint density at radius 3 is 2.67 bits per heavy atom. The van der Waals surface area contributed by atoms with Crippen LogP contribution in [0.5, 0.6) is 0 Å². The fourth-order valence-corrected chi connectivity index (χ4v) is 3.05. The molecule has 1 aromatic heterocycles. The van der Waals surface area contributed by atoms with Gasteiger partial charge in [0.2, 0.25) is 11.9 Å². The Bertz CT molecular complexity index is 878. The molecule has 7 nitrogen and oxygen atoms in total. The van der Waals surface area contributed by atoms with Crippen LogP contribution in [-0.4, -0.2) is 26.3 Å². The smallest absolute Gasteiger partial charge is 0.224 e. The third kappa shape index (κ3) is 3.53. The van der Waals surface area contributed by atoms with Crippen LogP contribution in [0.25, 0.3) is 0 Å². The van der Waals surface area contributed by atoms with E-state index >= 15 is 0 Å². The average Bonchev–Trinajstić information content (AvgIpc) is 2.54. The van der Waals surface area contributed by atoms with Gasteiger partial charge in [0, 0.05) is 30.8 Å². The molecule has 2 unspecified atom stereocenters. The maximum absolute atomic E-state index is 11.6. The fourth-order valence-electron chi connectivity index (χ4n) is 2.54. The zero-order chi connectivity index (χ0) is 17.3. The number of aryl methyl sites for hydroxylation is 1. The first-order valence-corrected chi connectivity index (χ1v) is 9.54. The topological polar surface area (TPSA) is 108 Å². The maximum atomic E-state index is 11.6. The third-order valence-electron chi connectivity index (χ3n) is 3.95. The minimum absolute atomic E-state index is 0.0271. The molecule has 1 aromatic carbocycles. The van der Waals surface area contributed by atoms with Crippen LogP contribution in [0.3, 0.4) is 0 Å². The largest absolute Gasteiger partial charge is 0.348 e. The zero-order valence-corrected chi connectivity index (χ0v) is 14.3. The van der Waals surface area contributed by atoms with E-state index in [2.05, 4.69) is 26.7 Å². The summed E-state index contributed by atoms with van der Waals surface area (Å²) in [5, 5.41) is 6.06. The minimum atomic E-state index is -2.80. The van der Waals surface area contributed by atoms with Gasteiger partial charge in [-0.1, -0.05) is 12.1 Å². The highest BCUT2D eigenvalue weighted by molar-refractivity contribution is 7.91. The molecule has 126 valence electrons. The highest BCUT2D eigenvalue weighted by Crippen LogP contribution is 2.27. The SMILES string of the molecule is CC(Nc1ncc(S(C)(=N)=O)cn1)c1ccc2c(c1)CCC(=O)N2. The molecule has 0 aliphatic carbocycles. The highest BCUT2D eigenvalue weighted by atomic mass is 32.2. The highest BCUT2D eigenvalue weighted by Gasteiger charge is 2.16. The van der Waals surface area contributed by atoms with E-state index in [9.17, 15) is 9.00 Å². The van der Waals surface area contributed by atoms with Gasteiger partial charge in [0.25, 0.3) is 0 Å². The molecule has 3 N–H and O–H groups in total. The molecule has 1 aliphatic heterocycles. The monoisotopic (exact) mass is 345 g/mol. The summed E-state index contributed by atoms with van der Waals surface area (Å²) in [5.74, 6) is 0.470. The lowest BCUT2D eigenvalue weighted by molar-refractivity contribution is -0.116. The number of anilines is 2. The molecule has 2 heterocycles. The van der Waals surface area contributed by atoms with Crippen molar-refractivity contribution >= 4 is 27.3 Å². The van der Waals surface area contributed by atoms with Gasteiger partial charge in [0.15, 0.2) is 0 Å². The minimum Gasteiger partial charge on any atom is -0.348 e. The van der Waals surface area contributed by atoms with Gasteiger partial charge in [-0.2, -0.15) is 0 Å². The quantitative estimate of drug-likeness (QED) is 0.789. The first-order chi connectivity index (χ1) is 11.3. The van der Waals surface area contributed by atoms with Gasteiger partial charge in [-0.05, 0) is 30.5 Å². The van der Waals surface area contributed by atoms with Crippen molar-refractivity contribution in [3.63, 3.8) is 0 Å². The van der Waals surface area contributed by atoms with Crippen LogP contribution in [0.4, 0.5) is 11.6 Å². The summed E-state index contributed by atoms with van der Waals surface area (Å²) in [6.45, 7) is 1.99. The molecule has 0 saturated heterocycles. The molecule has 0 radical (unpaired) electrons. The average molecular weight is 345 g/mol. The number of benzene rings is 1. The van der Waals surface area contributed by atoms with Crippen molar-refractivity contribution in [1.29, 1.82) is 4.78 Å². The van der Waals surface area contributed by atoms with E-state index in [1.807, 2.05) is 19.1 Å².